The van der Waals surface area contributed by atoms with Crippen LogP contribution >= 0.6 is 0 Å². The Morgan fingerprint density at radius 1 is 1.35 bits per heavy atom. The van der Waals surface area contributed by atoms with Crippen LogP contribution in [0.25, 0.3) is 0 Å². The molecule has 0 aliphatic carbocycles. The maximum atomic E-state index is 12.9. The summed E-state index contributed by atoms with van der Waals surface area (Å²) in [5.74, 6) is -0.0548. The van der Waals surface area contributed by atoms with Gasteiger partial charge in [0.05, 0.1) is 30.0 Å². The van der Waals surface area contributed by atoms with Gasteiger partial charge in [0.2, 0.25) is 0 Å². The van der Waals surface area contributed by atoms with E-state index in [0.29, 0.717) is 37.8 Å². The molecular formula is C19H28N4O3. The molecular weight excluding hydrogens is 332 g/mol. The van der Waals surface area contributed by atoms with Gasteiger partial charge in [-0.3, -0.25) is 14.5 Å². The highest BCUT2D eigenvalue weighted by Crippen LogP contribution is 2.44. The molecule has 0 aromatic carbocycles. The van der Waals surface area contributed by atoms with E-state index in [9.17, 15) is 9.59 Å². The molecule has 2 aliphatic heterocycles. The molecule has 26 heavy (non-hydrogen) atoms. The van der Waals surface area contributed by atoms with E-state index >= 15 is 0 Å². The lowest BCUT2D eigenvalue weighted by Gasteiger charge is -2.31. The third kappa shape index (κ3) is 3.45. The first-order chi connectivity index (χ1) is 12.5. The Balaban J connectivity index is 1.85. The van der Waals surface area contributed by atoms with Gasteiger partial charge in [0.25, 0.3) is 5.91 Å². The molecule has 2 saturated heterocycles. The molecule has 7 heteroatoms. The second-order valence-electron chi connectivity index (χ2n) is 7.58. The molecule has 142 valence electrons. The van der Waals surface area contributed by atoms with E-state index in [-0.39, 0.29) is 17.8 Å². The molecule has 2 aliphatic rings. The van der Waals surface area contributed by atoms with Gasteiger partial charge < -0.3 is 9.64 Å². The van der Waals surface area contributed by atoms with Crippen LogP contribution in [0.1, 0.15) is 44.0 Å². The van der Waals surface area contributed by atoms with E-state index < -0.39 is 5.41 Å². The van der Waals surface area contributed by atoms with Gasteiger partial charge in [0.1, 0.15) is 0 Å². The van der Waals surface area contributed by atoms with Crippen molar-refractivity contribution in [1.82, 2.24) is 20.0 Å². The minimum Gasteiger partial charge on any atom is -0.466 e. The summed E-state index contributed by atoms with van der Waals surface area (Å²) in [4.78, 5) is 30.0. The monoisotopic (exact) mass is 360 g/mol. The predicted octanol–water partition coefficient (Wildman–Crippen LogP) is 1.60. The number of likely N-dealkylation sites (tertiary alicyclic amines) is 2. The number of amides is 1. The van der Waals surface area contributed by atoms with Gasteiger partial charge in [-0.1, -0.05) is 0 Å². The van der Waals surface area contributed by atoms with Crippen molar-refractivity contribution in [3.63, 3.8) is 0 Å². The van der Waals surface area contributed by atoms with E-state index in [2.05, 4.69) is 28.9 Å². The number of aromatic nitrogens is 2. The molecule has 0 bridgehead atoms. The van der Waals surface area contributed by atoms with E-state index in [1.807, 2.05) is 11.8 Å². The molecule has 3 heterocycles. The summed E-state index contributed by atoms with van der Waals surface area (Å²) in [6.07, 6.45) is 4.59. The third-order valence-corrected chi connectivity index (χ3v) is 5.74. The van der Waals surface area contributed by atoms with Crippen molar-refractivity contribution in [2.75, 3.05) is 32.8 Å². The minimum absolute atomic E-state index is 0.0393. The van der Waals surface area contributed by atoms with Crippen LogP contribution in [0, 0.1) is 11.3 Å². The summed E-state index contributed by atoms with van der Waals surface area (Å²) >= 11 is 0. The van der Waals surface area contributed by atoms with Gasteiger partial charge in [-0.2, -0.15) is 10.2 Å². The lowest BCUT2D eigenvalue weighted by molar-refractivity contribution is -0.157. The zero-order valence-electron chi connectivity index (χ0n) is 15.9. The largest absolute Gasteiger partial charge is 0.466 e. The van der Waals surface area contributed by atoms with E-state index in [4.69, 9.17) is 4.74 Å². The van der Waals surface area contributed by atoms with Crippen LogP contribution in [0.4, 0.5) is 0 Å². The fourth-order valence-electron chi connectivity index (χ4n) is 4.26. The first kappa shape index (κ1) is 18.8. The quantitative estimate of drug-likeness (QED) is 0.759. The molecule has 2 fully saturated rings. The van der Waals surface area contributed by atoms with Gasteiger partial charge in [0.15, 0.2) is 0 Å². The van der Waals surface area contributed by atoms with Gasteiger partial charge >= 0.3 is 5.97 Å². The summed E-state index contributed by atoms with van der Waals surface area (Å²) in [5.41, 5.74) is 0.0357. The van der Waals surface area contributed by atoms with E-state index in [1.165, 1.54) is 12.4 Å². The van der Waals surface area contributed by atoms with Crippen molar-refractivity contribution < 1.29 is 14.3 Å². The lowest BCUT2D eigenvalue weighted by Crippen LogP contribution is -2.43. The first-order valence-electron chi connectivity index (χ1n) is 9.45. The highest BCUT2D eigenvalue weighted by Gasteiger charge is 2.54. The average molecular weight is 360 g/mol. The van der Waals surface area contributed by atoms with Crippen LogP contribution < -0.4 is 0 Å². The number of hydrogen-bond acceptors (Lipinski definition) is 6. The van der Waals surface area contributed by atoms with Gasteiger partial charge in [-0.25, -0.2) is 0 Å². The maximum Gasteiger partial charge on any atom is 0.313 e. The average Bonchev–Trinajstić information content (AvgIpc) is 2.91. The fourth-order valence-corrected chi connectivity index (χ4v) is 4.26. The Kier molecular flexibility index (Phi) is 5.55. The van der Waals surface area contributed by atoms with Crippen LogP contribution in [0.3, 0.4) is 0 Å². The number of nitrogens with zero attached hydrogens (tertiary/aromatic N) is 4. The van der Waals surface area contributed by atoms with Crippen molar-refractivity contribution >= 4 is 11.9 Å². The molecule has 1 aromatic rings. The summed E-state index contributed by atoms with van der Waals surface area (Å²) in [6.45, 7) is 9.29. The zero-order valence-corrected chi connectivity index (χ0v) is 15.9. The van der Waals surface area contributed by atoms with E-state index in [1.54, 1.807) is 6.07 Å². The van der Waals surface area contributed by atoms with Crippen LogP contribution in [-0.2, 0) is 9.53 Å². The lowest BCUT2D eigenvalue weighted by atomic mass is 9.75. The standard InChI is InChI=1S/C19H28N4O3/c1-4-26-18(25)19-7-5-9-22(17(24)15-6-8-20-21-10-15)11-16(19)12-23(13-19)14(2)3/h6,8,10,14,16H,4-5,7,9,11-13H2,1-3H3/t16-,19-/m0/s1. The topological polar surface area (TPSA) is 75.6 Å². The van der Waals surface area contributed by atoms with Crippen molar-refractivity contribution in [2.45, 2.75) is 39.7 Å². The summed E-state index contributed by atoms with van der Waals surface area (Å²) < 4.78 is 5.46. The van der Waals surface area contributed by atoms with E-state index in [0.717, 1.165) is 19.4 Å². The molecule has 0 N–H and O–H groups in total. The number of ether oxygens (including phenoxy) is 1. The van der Waals surface area contributed by atoms with Crippen LogP contribution in [0.2, 0.25) is 0 Å². The fraction of sp³-hybridized carbons (Fsp3) is 0.684. The second kappa shape index (κ2) is 7.70. The highest BCUT2D eigenvalue weighted by molar-refractivity contribution is 5.94. The molecule has 3 rings (SSSR count). The van der Waals surface area contributed by atoms with Gasteiger partial charge in [-0.05, 0) is 39.7 Å². The smallest absolute Gasteiger partial charge is 0.313 e. The summed E-state index contributed by atoms with van der Waals surface area (Å²) in [6, 6.07) is 2.05. The number of carbonyl (C=O) groups excluding carboxylic acids is 2. The molecule has 0 radical (unpaired) electrons. The summed E-state index contributed by atoms with van der Waals surface area (Å²) in [7, 11) is 0. The molecule has 7 nitrogen and oxygen atoms in total. The number of hydrogen-bond donors (Lipinski definition) is 0. The Hall–Kier alpha value is -2.02. The molecule has 2 atom stereocenters. The highest BCUT2D eigenvalue weighted by atomic mass is 16.5. The Morgan fingerprint density at radius 2 is 2.15 bits per heavy atom. The first-order valence-corrected chi connectivity index (χ1v) is 9.45. The summed E-state index contributed by atoms with van der Waals surface area (Å²) in [5, 5.41) is 7.55. The van der Waals surface area contributed by atoms with Crippen molar-refractivity contribution in [3.05, 3.63) is 24.0 Å². The second-order valence-corrected chi connectivity index (χ2v) is 7.58. The van der Waals surface area contributed by atoms with Gasteiger partial charge in [-0.15, -0.1) is 0 Å². The number of esters is 1. The van der Waals surface area contributed by atoms with Crippen molar-refractivity contribution in [1.29, 1.82) is 0 Å². The minimum atomic E-state index is -0.508. The third-order valence-electron chi connectivity index (χ3n) is 5.74. The molecule has 1 amide bonds. The number of fused-ring (bicyclic) bond motifs is 1. The molecule has 0 spiro atoms. The molecule has 0 saturated carbocycles. The zero-order chi connectivity index (χ0) is 18.7. The van der Waals surface area contributed by atoms with Crippen molar-refractivity contribution in [2.24, 2.45) is 11.3 Å². The normalized spacial score (nSPS) is 26.5. The maximum absolute atomic E-state index is 12.9. The molecule has 1 aromatic heterocycles. The predicted molar refractivity (Wildman–Crippen MR) is 96.4 cm³/mol. The van der Waals surface area contributed by atoms with Crippen LogP contribution in [0.15, 0.2) is 18.5 Å². The Morgan fingerprint density at radius 3 is 2.81 bits per heavy atom. The Bertz CT molecular complexity index is 651. The van der Waals surface area contributed by atoms with Gasteiger partial charge in [0, 0.05) is 38.1 Å². The Labute approximate surface area is 154 Å². The SMILES string of the molecule is CCOC(=O)[C@]12CCCN(C(=O)c3ccnnc3)C[C@H]1CN(C(C)C)C2. The number of rotatable bonds is 4. The molecule has 0 unspecified atom stereocenters. The number of carbonyl (C=O) groups is 2. The van der Waals surface area contributed by atoms with Crippen molar-refractivity contribution in [3.8, 4) is 0 Å². The van der Waals surface area contributed by atoms with Crippen LogP contribution in [-0.4, -0.2) is 70.7 Å². The van der Waals surface area contributed by atoms with Crippen LogP contribution in [0.5, 0.6) is 0 Å².